The second-order valence-electron chi connectivity index (χ2n) is 6.70. The third-order valence-electron chi connectivity index (χ3n) is 4.60. The van der Waals surface area contributed by atoms with Crippen LogP contribution >= 0.6 is 22.9 Å². The van der Waals surface area contributed by atoms with Gasteiger partial charge in [-0.3, -0.25) is 4.79 Å². The van der Waals surface area contributed by atoms with Crippen molar-refractivity contribution < 1.29 is 9.53 Å². The predicted molar refractivity (Wildman–Crippen MR) is 126 cm³/mol. The van der Waals surface area contributed by atoms with Crippen LogP contribution in [-0.2, 0) is 6.54 Å². The van der Waals surface area contributed by atoms with Crippen LogP contribution in [0.15, 0.2) is 78.9 Å². The number of carbonyl (C=O) groups excluding carboxylic acids is 1. The Morgan fingerprint density at radius 2 is 1.71 bits per heavy atom. The minimum absolute atomic E-state index is 0.181. The Labute approximate surface area is 189 Å². The van der Waals surface area contributed by atoms with Crippen molar-refractivity contribution in [2.75, 3.05) is 12.4 Å². The maximum atomic E-state index is 13.0. The van der Waals surface area contributed by atoms with Gasteiger partial charge in [-0.25, -0.2) is 4.98 Å². The molecule has 4 rings (SSSR count). The molecule has 31 heavy (non-hydrogen) atoms. The van der Waals surface area contributed by atoms with Gasteiger partial charge >= 0.3 is 0 Å². The predicted octanol–water partition coefficient (Wildman–Crippen LogP) is 6.15. The molecule has 0 saturated carbocycles. The summed E-state index contributed by atoms with van der Waals surface area (Å²) in [6.07, 6.45) is 0. The molecule has 0 bridgehead atoms. The van der Waals surface area contributed by atoms with Gasteiger partial charge in [0, 0.05) is 17.1 Å². The van der Waals surface area contributed by atoms with Crippen molar-refractivity contribution >= 4 is 39.7 Å². The molecule has 4 aromatic rings. The minimum Gasteiger partial charge on any atom is -0.495 e. The number of benzene rings is 3. The molecule has 0 aliphatic carbocycles. The van der Waals surface area contributed by atoms with Gasteiger partial charge in [0.2, 0.25) is 0 Å². The normalized spacial score (nSPS) is 10.5. The fraction of sp³-hybridized carbons (Fsp3) is 0.0833. The molecule has 156 valence electrons. The van der Waals surface area contributed by atoms with Gasteiger partial charge in [0.15, 0.2) is 5.13 Å². The van der Waals surface area contributed by atoms with E-state index in [1.165, 1.54) is 11.3 Å². The third-order valence-corrected chi connectivity index (χ3v) is 5.82. The molecule has 0 radical (unpaired) electrons. The van der Waals surface area contributed by atoms with Crippen molar-refractivity contribution in [2.45, 2.75) is 6.54 Å². The van der Waals surface area contributed by atoms with E-state index in [4.69, 9.17) is 21.3 Å². The molecule has 5 nitrogen and oxygen atoms in total. The first kappa shape index (κ1) is 20.9. The molecule has 1 aromatic heterocycles. The zero-order valence-corrected chi connectivity index (χ0v) is 18.3. The van der Waals surface area contributed by atoms with Crippen molar-refractivity contribution in [2.24, 2.45) is 0 Å². The van der Waals surface area contributed by atoms with Gasteiger partial charge in [-0.2, -0.15) is 0 Å². The van der Waals surface area contributed by atoms with E-state index in [1.54, 1.807) is 19.2 Å². The summed E-state index contributed by atoms with van der Waals surface area (Å²) >= 11 is 7.24. The molecule has 0 fully saturated rings. The highest BCUT2D eigenvalue weighted by Crippen LogP contribution is 2.35. The van der Waals surface area contributed by atoms with E-state index in [2.05, 4.69) is 10.6 Å². The van der Waals surface area contributed by atoms with Gasteiger partial charge in [0.1, 0.15) is 10.6 Å². The molecule has 0 unspecified atom stereocenters. The van der Waals surface area contributed by atoms with Crippen LogP contribution in [-0.4, -0.2) is 18.0 Å². The Morgan fingerprint density at radius 3 is 2.45 bits per heavy atom. The number of nitrogens with zero attached hydrogens (tertiary/aromatic N) is 1. The number of carbonyl (C=O) groups is 1. The molecule has 1 amide bonds. The van der Waals surface area contributed by atoms with Gasteiger partial charge in [-0.15, -0.1) is 0 Å². The molecule has 0 saturated heterocycles. The molecular weight excluding hydrogens is 430 g/mol. The van der Waals surface area contributed by atoms with Crippen molar-refractivity contribution in [3.63, 3.8) is 0 Å². The van der Waals surface area contributed by atoms with Gasteiger partial charge in [-0.05, 0) is 29.8 Å². The minimum atomic E-state index is -0.181. The molecule has 0 atom stereocenters. The second kappa shape index (κ2) is 9.64. The Balaban J connectivity index is 1.62. The van der Waals surface area contributed by atoms with Crippen LogP contribution in [0.1, 0.15) is 15.2 Å². The fourth-order valence-corrected chi connectivity index (χ4v) is 4.09. The zero-order valence-electron chi connectivity index (χ0n) is 16.8. The lowest BCUT2D eigenvalue weighted by Crippen LogP contribution is -2.22. The average molecular weight is 450 g/mol. The topological polar surface area (TPSA) is 63.2 Å². The highest BCUT2D eigenvalue weighted by atomic mass is 35.5. The number of amides is 1. The SMILES string of the molecule is COc1ccccc1Nc1nc(-c2ccccc2)c(C(=O)NCc2ccc(Cl)cc2)s1. The summed E-state index contributed by atoms with van der Waals surface area (Å²) in [4.78, 5) is 18.3. The smallest absolute Gasteiger partial charge is 0.264 e. The molecule has 0 aliphatic rings. The summed E-state index contributed by atoms with van der Waals surface area (Å²) < 4.78 is 5.41. The van der Waals surface area contributed by atoms with Crippen LogP contribution < -0.4 is 15.4 Å². The standard InChI is InChI=1S/C24H20ClN3O2S/c1-30-20-10-6-5-9-19(20)27-24-28-21(17-7-3-2-4-8-17)22(31-24)23(29)26-15-16-11-13-18(25)14-12-16/h2-14H,15H2,1H3,(H,26,29)(H,27,28). The maximum absolute atomic E-state index is 13.0. The summed E-state index contributed by atoms with van der Waals surface area (Å²) in [5, 5.41) is 7.53. The Hall–Kier alpha value is -3.35. The van der Waals surface area contributed by atoms with Crippen molar-refractivity contribution in [3.05, 3.63) is 94.3 Å². The number of nitrogens with one attached hydrogen (secondary N) is 2. The molecule has 2 N–H and O–H groups in total. The molecule has 7 heteroatoms. The largest absolute Gasteiger partial charge is 0.495 e. The van der Waals surface area contributed by atoms with E-state index >= 15 is 0 Å². The van der Waals surface area contributed by atoms with E-state index in [-0.39, 0.29) is 5.91 Å². The average Bonchev–Trinajstić information content (AvgIpc) is 3.23. The number of methoxy groups -OCH3 is 1. The maximum Gasteiger partial charge on any atom is 0.264 e. The van der Waals surface area contributed by atoms with Gasteiger partial charge < -0.3 is 15.4 Å². The quantitative estimate of drug-likeness (QED) is 0.355. The van der Waals surface area contributed by atoms with Crippen LogP contribution in [0, 0.1) is 0 Å². The fourth-order valence-electron chi connectivity index (χ4n) is 3.05. The monoisotopic (exact) mass is 449 g/mol. The van der Waals surface area contributed by atoms with E-state index in [0.717, 1.165) is 16.8 Å². The van der Waals surface area contributed by atoms with Crippen LogP contribution in [0.4, 0.5) is 10.8 Å². The molecule has 0 aliphatic heterocycles. The van der Waals surface area contributed by atoms with Gasteiger partial charge in [0.05, 0.1) is 18.5 Å². The number of thiazole rings is 1. The van der Waals surface area contributed by atoms with Crippen molar-refractivity contribution in [1.29, 1.82) is 0 Å². The van der Waals surface area contributed by atoms with Gasteiger partial charge in [-0.1, -0.05) is 77.5 Å². The van der Waals surface area contributed by atoms with Crippen molar-refractivity contribution in [3.8, 4) is 17.0 Å². The highest BCUT2D eigenvalue weighted by molar-refractivity contribution is 7.18. The van der Waals surface area contributed by atoms with Crippen molar-refractivity contribution in [1.82, 2.24) is 10.3 Å². The summed E-state index contributed by atoms with van der Waals surface area (Å²) in [5.74, 6) is 0.520. The second-order valence-corrected chi connectivity index (χ2v) is 8.13. The number of ether oxygens (including phenoxy) is 1. The summed E-state index contributed by atoms with van der Waals surface area (Å²) in [5.41, 5.74) is 3.27. The Kier molecular flexibility index (Phi) is 6.50. The molecule has 0 spiro atoms. The van der Waals surface area contributed by atoms with Crippen LogP contribution in [0.2, 0.25) is 5.02 Å². The summed E-state index contributed by atoms with van der Waals surface area (Å²) in [6, 6.07) is 24.7. The first-order chi connectivity index (χ1) is 15.1. The van der Waals surface area contributed by atoms with E-state index in [1.807, 2.05) is 66.7 Å². The number of hydrogen-bond donors (Lipinski definition) is 2. The number of rotatable bonds is 7. The first-order valence-corrected chi connectivity index (χ1v) is 10.8. The van der Waals surface area contributed by atoms with E-state index in [0.29, 0.717) is 33.0 Å². The van der Waals surface area contributed by atoms with Gasteiger partial charge in [0.25, 0.3) is 5.91 Å². The Bertz CT molecular complexity index is 1180. The van der Waals surface area contributed by atoms with Crippen LogP contribution in [0.25, 0.3) is 11.3 Å². The number of hydrogen-bond acceptors (Lipinski definition) is 5. The lowest BCUT2D eigenvalue weighted by Gasteiger charge is -2.08. The zero-order chi connectivity index (χ0) is 21.6. The number of aromatic nitrogens is 1. The number of anilines is 2. The molecular formula is C24H20ClN3O2S. The van der Waals surface area contributed by atoms with E-state index < -0.39 is 0 Å². The lowest BCUT2D eigenvalue weighted by atomic mass is 10.1. The van der Waals surface area contributed by atoms with Crippen LogP contribution in [0.5, 0.6) is 5.75 Å². The summed E-state index contributed by atoms with van der Waals surface area (Å²) in [7, 11) is 1.62. The van der Waals surface area contributed by atoms with Crippen LogP contribution in [0.3, 0.4) is 0 Å². The lowest BCUT2D eigenvalue weighted by molar-refractivity contribution is 0.0955. The summed E-state index contributed by atoms with van der Waals surface area (Å²) in [6.45, 7) is 0.400. The highest BCUT2D eigenvalue weighted by Gasteiger charge is 2.20. The number of halogens is 1. The Morgan fingerprint density at radius 1 is 1.00 bits per heavy atom. The van der Waals surface area contributed by atoms with E-state index in [9.17, 15) is 4.79 Å². The molecule has 3 aromatic carbocycles. The first-order valence-electron chi connectivity index (χ1n) is 9.63. The molecule has 1 heterocycles. The number of para-hydroxylation sites is 2. The third kappa shape index (κ3) is 5.05.